The van der Waals surface area contributed by atoms with Crippen LogP contribution in [0.4, 0.5) is 0 Å². The number of hydrogen-bond donors (Lipinski definition) is 1. The predicted molar refractivity (Wildman–Crippen MR) is 74.5 cm³/mol. The first-order chi connectivity index (χ1) is 8.38. The molecule has 18 heavy (non-hydrogen) atoms. The molecule has 0 amide bonds. The largest absolute Gasteiger partial charge is 0.459 e. The van der Waals surface area contributed by atoms with Crippen molar-refractivity contribution in [1.82, 2.24) is 5.32 Å². The van der Waals surface area contributed by atoms with E-state index < -0.39 is 0 Å². The second kappa shape index (κ2) is 7.13. The Morgan fingerprint density at radius 2 is 1.78 bits per heavy atom. The minimum atomic E-state index is -0.385. The van der Waals surface area contributed by atoms with Gasteiger partial charge in [0.2, 0.25) is 0 Å². The molecule has 0 unspecified atom stereocenters. The van der Waals surface area contributed by atoms with Gasteiger partial charge in [-0.25, -0.2) is 0 Å². The number of nitrogens with one attached hydrogen (secondary N) is 1. The average molecular weight is 255 g/mol. The van der Waals surface area contributed by atoms with Gasteiger partial charge in [0.15, 0.2) is 0 Å². The Bertz CT molecular complexity index is 250. The van der Waals surface area contributed by atoms with Crippen molar-refractivity contribution in [2.45, 2.75) is 77.9 Å². The predicted octanol–water partition coefficient (Wildman–Crippen LogP) is 3.28. The third-order valence-electron chi connectivity index (χ3n) is 3.60. The highest BCUT2D eigenvalue weighted by Gasteiger charge is 2.21. The van der Waals surface area contributed by atoms with E-state index in [2.05, 4.69) is 12.2 Å². The van der Waals surface area contributed by atoms with E-state index in [1.165, 1.54) is 38.5 Å². The van der Waals surface area contributed by atoms with E-state index in [9.17, 15) is 4.79 Å². The number of carbonyl (C=O) groups is 1. The van der Waals surface area contributed by atoms with Crippen molar-refractivity contribution in [2.24, 2.45) is 5.92 Å². The quantitative estimate of drug-likeness (QED) is 0.619. The number of ether oxygens (including phenoxy) is 1. The van der Waals surface area contributed by atoms with Crippen LogP contribution < -0.4 is 5.32 Å². The molecule has 0 aromatic heterocycles. The fourth-order valence-electron chi connectivity index (χ4n) is 2.60. The van der Waals surface area contributed by atoms with Crippen molar-refractivity contribution in [3.63, 3.8) is 0 Å². The summed E-state index contributed by atoms with van der Waals surface area (Å²) in [6, 6.07) is 0.413. The summed E-state index contributed by atoms with van der Waals surface area (Å²) in [4.78, 5) is 11.6. The minimum Gasteiger partial charge on any atom is -0.459 e. The van der Waals surface area contributed by atoms with Gasteiger partial charge in [0, 0.05) is 6.04 Å². The van der Waals surface area contributed by atoms with Gasteiger partial charge in [-0.1, -0.05) is 25.7 Å². The summed E-state index contributed by atoms with van der Waals surface area (Å²) in [5.41, 5.74) is -0.385. The monoisotopic (exact) mass is 255 g/mol. The molecular formula is C15H29NO2. The van der Waals surface area contributed by atoms with E-state index in [1.54, 1.807) is 0 Å². The first-order valence-electron chi connectivity index (χ1n) is 7.34. The topological polar surface area (TPSA) is 38.3 Å². The standard InChI is InChI=1S/C15H29NO2/c1-12(13-9-7-5-6-8-10-13)16-11-14(17)18-15(2,3)4/h12-13,16H,5-11H2,1-4H3/t12-/m1/s1. The summed E-state index contributed by atoms with van der Waals surface area (Å²) >= 11 is 0. The molecule has 0 radical (unpaired) electrons. The molecular weight excluding hydrogens is 226 g/mol. The maximum atomic E-state index is 11.6. The Morgan fingerprint density at radius 1 is 1.22 bits per heavy atom. The van der Waals surface area contributed by atoms with Crippen LogP contribution in [-0.2, 0) is 9.53 Å². The van der Waals surface area contributed by atoms with Crippen LogP contribution >= 0.6 is 0 Å². The third-order valence-corrected chi connectivity index (χ3v) is 3.60. The zero-order chi connectivity index (χ0) is 13.6. The Balaban J connectivity index is 2.27. The maximum absolute atomic E-state index is 11.6. The van der Waals surface area contributed by atoms with Crippen molar-refractivity contribution < 1.29 is 9.53 Å². The van der Waals surface area contributed by atoms with Gasteiger partial charge >= 0.3 is 5.97 Å². The lowest BCUT2D eigenvalue weighted by molar-refractivity contribution is -0.153. The van der Waals surface area contributed by atoms with Gasteiger partial charge in [-0.05, 0) is 46.5 Å². The summed E-state index contributed by atoms with van der Waals surface area (Å²) in [6.45, 7) is 8.23. The van der Waals surface area contributed by atoms with Gasteiger partial charge in [0.25, 0.3) is 0 Å². The van der Waals surface area contributed by atoms with Gasteiger partial charge in [0.1, 0.15) is 5.60 Å². The molecule has 1 saturated carbocycles. The van der Waals surface area contributed by atoms with Crippen molar-refractivity contribution >= 4 is 5.97 Å². The first-order valence-corrected chi connectivity index (χ1v) is 7.34. The Kier molecular flexibility index (Phi) is 6.13. The molecule has 3 nitrogen and oxygen atoms in total. The molecule has 1 atom stereocenters. The second-order valence-corrected chi connectivity index (χ2v) is 6.51. The molecule has 0 aliphatic heterocycles. The summed E-state index contributed by atoms with van der Waals surface area (Å²) in [6.07, 6.45) is 8.00. The van der Waals surface area contributed by atoms with E-state index in [1.807, 2.05) is 20.8 Å². The molecule has 0 bridgehead atoms. The maximum Gasteiger partial charge on any atom is 0.320 e. The lowest BCUT2D eigenvalue weighted by Crippen LogP contribution is -2.39. The number of carbonyl (C=O) groups excluding carboxylic acids is 1. The van der Waals surface area contributed by atoms with E-state index >= 15 is 0 Å². The highest BCUT2D eigenvalue weighted by atomic mass is 16.6. The normalized spacial score (nSPS) is 20.2. The van der Waals surface area contributed by atoms with Gasteiger partial charge in [-0.2, -0.15) is 0 Å². The van der Waals surface area contributed by atoms with E-state index in [-0.39, 0.29) is 11.6 Å². The third kappa shape index (κ3) is 6.39. The lowest BCUT2D eigenvalue weighted by Gasteiger charge is -2.25. The summed E-state index contributed by atoms with van der Waals surface area (Å²) in [5, 5.41) is 3.33. The van der Waals surface area contributed by atoms with Crippen LogP contribution in [0.2, 0.25) is 0 Å². The molecule has 0 saturated heterocycles. The molecule has 1 rings (SSSR count). The first kappa shape index (κ1) is 15.5. The highest BCUT2D eigenvalue weighted by Crippen LogP contribution is 2.25. The van der Waals surface area contributed by atoms with Crippen LogP contribution in [0, 0.1) is 5.92 Å². The molecule has 3 heteroatoms. The smallest absolute Gasteiger partial charge is 0.320 e. The average Bonchev–Trinajstić information content (AvgIpc) is 2.52. The molecule has 0 aromatic carbocycles. The van der Waals surface area contributed by atoms with Gasteiger partial charge in [-0.3, -0.25) is 4.79 Å². The van der Waals surface area contributed by atoms with Crippen molar-refractivity contribution in [2.75, 3.05) is 6.54 Å². The molecule has 106 valence electrons. The Morgan fingerprint density at radius 3 is 2.28 bits per heavy atom. The number of hydrogen-bond acceptors (Lipinski definition) is 3. The fraction of sp³-hybridized carbons (Fsp3) is 0.933. The molecule has 1 N–H and O–H groups in total. The van der Waals surface area contributed by atoms with Crippen LogP contribution in [-0.4, -0.2) is 24.2 Å². The minimum absolute atomic E-state index is 0.150. The van der Waals surface area contributed by atoms with Crippen LogP contribution in [0.15, 0.2) is 0 Å². The van der Waals surface area contributed by atoms with Crippen molar-refractivity contribution in [3.8, 4) is 0 Å². The molecule has 0 spiro atoms. The summed E-state index contributed by atoms with van der Waals surface area (Å²) in [5.74, 6) is 0.568. The SMILES string of the molecule is C[C@@H](NCC(=O)OC(C)(C)C)C1CCCCCC1. The number of esters is 1. The Hall–Kier alpha value is -0.570. The zero-order valence-corrected chi connectivity index (χ0v) is 12.4. The van der Waals surface area contributed by atoms with Crippen LogP contribution in [0.25, 0.3) is 0 Å². The van der Waals surface area contributed by atoms with E-state index in [0.29, 0.717) is 12.6 Å². The van der Waals surface area contributed by atoms with Gasteiger partial charge in [-0.15, -0.1) is 0 Å². The molecule has 0 aromatic rings. The molecule has 1 aliphatic carbocycles. The van der Waals surface area contributed by atoms with Crippen LogP contribution in [0.1, 0.15) is 66.2 Å². The summed E-state index contributed by atoms with van der Waals surface area (Å²) in [7, 11) is 0. The van der Waals surface area contributed by atoms with Crippen molar-refractivity contribution in [1.29, 1.82) is 0 Å². The zero-order valence-electron chi connectivity index (χ0n) is 12.4. The number of rotatable bonds is 4. The van der Waals surface area contributed by atoms with Crippen LogP contribution in [0.3, 0.4) is 0 Å². The van der Waals surface area contributed by atoms with E-state index in [4.69, 9.17) is 4.74 Å². The van der Waals surface area contributed by atoms with Gasteiger partial charge < -0.3 is 10.1 Å². The Labute approximate surface area is 112 Å². The van der Waals surface area contributed by atoms with Crippen LogP contribution in [0.5, 0.6) is 0 Å². The second-order valence-electron chi connectivity index (χ2n) is 6.51. The fourth-order valence-corrected chi connectivity index (χ4v) is 2.60. The highest BCUT2D eigenvalue weighted by molar-refractivity contribution is 5.72. The van der Waals surface area contributed by atoms with Crippen molar-refractivity contribution in [3.05, 3.63) is 0 Å². The lowest BCUT2D eigenvalue weighted by atomic mass is 9.93. The van der Waals surface area contributed by atoms with Gasteiger partial charge in [0.05, 0.1) is 6.54 Å². The molecule has 1 fully saturated rings. The summed E-state index contributed by atoms with van der Waals surface area (Å²) < 4.78 is 5.30. The molecule has 0 heterocycles. The molecule has 1 aliphatic rings. The van der Waals surface area contributed by atoms with E-state index in [0.717, 1.165) is 5.92 Å².